The minimum atomic E-state index is -4.39. The molecule has 3 nitrogen and oxygen atoms in total. The van der Waals surface area contributed by atoms with Crippen LogP contribution in [0.15, 0.2) is 30.6 Å². The molecule has 1 aromatic heterocycles. The third-order valence-corrected chi connectivity index (χ3v) is 2.16. The van der Waals surface area contributed by atoms with Crippen LogP contribution in [0, 0.1) is 6.92 Å². The van der Waals surface area contributed by atoms with E-state index in [1.54, 1.807) is 6.92 Å². The monoisotopic (exact) mass is 227 g/mol. The molecule has 2 aromatic rings. The quantitative estimate of drug-likeness (QED) is 0.749. The fourth-order valence-electron chi connectivity index (χ4n) is 1.43. The number of aromatic nitrogens is 3. The van der Waals surface area contributed by atoms with Gasteiger partial charge >= 0.3 is 6.18 Å². The van der Waals surface area contributed by atoms with Crippen LogP contribution in [0.25, 0.3) is 5.69 Å². The average molecular weight is 227 g/mol. The number of halogens is 3. The lowest BCUT2D eigenvalue weighted by atomic mass is 10.1. The lowest BCUT2D eigenvalue weighted by Gasteiger charge is -2.12. The number of alkyl halides is 3. The van der Waals surface area contributed by atoms with Crippen molar-refractivity contribution in [1.82, 2.24) is 14.8 Å². The molecule has 0 fully saturated rings. The summed E-state index contributed by atoms with van der Waals surface area (Å²) >= 11 is 0. The summed E-state index contributed by atoms with van der Waals surface area (Å²) in [5.41, 5.74) is -0.728. The molecule has 0 saturated heterocycles. The minimum absolute atomic E-state index is 0.00926. The van der Waals surface area contributed by atoms with Crippen LogP contribution in [0.4, 0.5) is 13.2 Å². The Balaban J connectivity index is 2.62. The van der Waals surface area contributed by atoms with E-state index in [9.17, 15) is 13.2 Å². The van der Waals surface area contributed by atoms with Crippen LogP contribution >= 0.6 is 0 Å². The Hall–Kier alpha value is -1.85. The molecule has 0 amide bonds. The molecule has 16 heavy (non-hydrogen) atoms. The smallest absolute Gasteiger partial charge is 0.220 e. The first-order valence-corrected chi connectivity index (χ1v) is 4.53. The van der Waals surface area contributed by atoms with Crippen LogP contribution in [-0.2, 0) is 6.18 Å². The molecule has 1 heterocycles. The average Bonchev–Trinajstić information content (AvgIpc) is 2.63. The summed E-state index contributed by atoms with van der Waals surface area (Å²) in [6.45, 7) is 1.60. The largest absolute Gasteiger partial charge is 0.418 e. The van der Waals surface area contributed by atoms with E-state index in [2.05, 4.69) is 10.1 Å². The first-order valence-electron chi connectivity index (χ1n) is 4.53. The second-order valence-corrected chi connectivity index (χ2v) is 3.23. The zero-order valence-corrected chi connectivity index (χ0v) is 8.36. The summed E-state index contributed by atoms with van der Waals surface area (Å²) in [5.74, 6) is 0.414. The Morgan fingerprint density at radius 1 is 1.19 bits per heavy atom. The Bertz CT molecular complexity index is 502. The van der Waals surface area contributed by atoms with E-state index in [1.165, 1.54) is 29.2 Å². The van der Waals surface area contributed by atoms with Gasteiger partial charge in [-0.15, -0.1) is 0 Å². The summed E-state index contributed by atoms with van der Waals surface area (Å²) in [4.78, 5) is 3.80. The predicted molar refractivity (Wildman–Crippen MR) is 51.1 cm³/mol. The van der Waals surface area contributed by atoms with Gasteiger partial charge in [-0.05, 0) is 19.1 Å². The van der Waals surface area contributed by atoms with Gasteiger partial charge in [0.25, 0.3) is 0 Å². The maximum absolute atomic E-state index is 12.7. The second-order valence-electron chi connectivity index (χ2n) is 3.23. The first-order chi connectivity index (χ1) is 7.50. The van der Waals surface area contributed by atoms with Gasteiger partial charge in [0.2, 0.25) is 0 Å². The van der Waals surface area contributed by atoms with Crippen molar-refractivity contribution in [2.24, 2.45) is 0 Å². The zero-order valence-electron chi connectivity index (χ0n) is 8.36. The third kappa shape index (κ3) is 1.78. The van der Waals surface area contributed by atoms with Crippen molar-refractivity contribution in [2.45, 2.75) is 13.1 Å². The van der Waals surface area contributed by atoms with Crippen LogP contribution in [0.3, 0.4) is 0 Å². The number of hydrogen-bond acceptors (Lipinski definition) is 2. The molecule has 6 heteroatoms. The van der Waals surface area contributed by atoms with Gasteiger partial charge in [-0.2, -0.15) is 18.3 Å². The Labute approximate surface area is 89.5 Å². The molecule has 0 atom stereocenters. The summed E-state index contributed by atoms with van der Waals surface area (Å²) in [7, 11) is 0. The van der Waals surface area contributed by atoms with E-state index in [0.29, 0.717) is 5.82 Å². The highest BCUT2D eigenvalue weighted by Crippen LogP contribution is 2.33. The van der Waals surface area contributed by atoms with Gasteiger partial charge < -0.3 is 0 Å². The van der Waals surface area contributed by atoms with Crippen molar-refractivity contribution in [3.05, 3.63) is 42.0 Å². The van der Waals surface area contributed by atoms with E-state index >= 15 is 0 Å². The van der Waals surface area contributed by atoms with E-state index in [0.717, 1.165) is 6.07 Å². The van der Waals surface area contributed by atoms with Crippen molar-refractivity contribution in [3.63, 3.8) is 0 Å². The topological polar surface area (TPSA) is 30.7 Å². The fourth-order valence-corrected chi connectivity index (χ4v) is 1.43. The summed E-state index contributed by atoms with van der Waals surface area (Å²) in [6, 6.07) is 5.27. The van der Waals surface area contributed by atoms with Gasteiger partial charge in [-0.1, -0.05) is 12.1 Å². The highest BCUT2D eigenvalue weighted by atomic mass is 19.4. The molecule has 0 radical (unpaired) electrons. The van der Waals surface area contributed by atoms with Crippen molar-refractivity contribution in [2.75, 3.05) is 0 Å². The Morgan fingerprint density at radius 2 is 1.88 bits per heavy atom. The van der Waals surface area contributed by atoms with E-state index in [-0.39, 0.29) is 5.69 Å². The van der Waals surface area contributed by atoms with E-state index < -0.39 is 11.7 Å². The van der Waals surface area contributed by atoms with Gasteiger partial charge in [0.05, 0.1) is 11.3 Å². The van der Waals surface area contributed by atoms with Crippen molar-refractivity contribution in [3.8, 4) is 5.69 Å². The molecule has 0 bridgehead atoms. The van der Waals surface area contributed by atoms with Crippen molar-refractivity contribution < 1.29 is 13.2 Å². The highest BCUT2D eigenvalue weighted by Gasteiger charge is 2.34. The summed E-state index contributed by atoms with van der Waals surface area (Å²) < 4.78 is 39.3. The standard InChI is InChI=1S/C10H8F3N3/c1-7-14-6-15-16(7)9-5-3-2-4-8(9)10(11,12)13/h2-6H,1H3. The number of rotatable bonds is 1. The molecule has 0 aliphatic rings. The number of hydrogen-bond donors (Lipinski definition) is 0. The van der Waals surface area contributed by atoms with E-state index in [1.807, 2.05) is 0 Å². The predicted octanol–water partition coefficient (Wildman–Crippen LogP) is 2.59. The van der Waals surface area contributed by atoms with E-state index in [4.69, 9.17) is 0 Å². The molecule has 0 aliphatic heterocycles. The molecule has 1 aromatic carbocycles. The van der Waals surface area contributed by atoms with Crippen LogP contribution in [0.2, 0.25) is 0 Å². The molecule has 0 N–H and O–H groups in total. The number of benzene rings is 1. The molecule has 0 aliphatic carbocycles. The zero-order chi connectivity index (χ0) is 11.8. The normalized spacial score (nSPS) is 11.8. The number of para-hydroxylation sites is 1. The fraction of sp³-hybridized carbons (Fsp3) is 0.200. The van der Waals surface area contributed by atoms with Crippen molar-refractivity contribution in [1.29, 1.82) is 0 Å². The van der Waals surface area contributed by atoms with Gasteiger partial charge in [0.1, 0.15) is 12.2 Å². The van der Waals surface area contributed by atoms with Gasteiger partial charge in [0.15, 0.2) is 0 Å². The highest BCUT2D eigenvalue weighted by molar-refractivity contribution is 5.42. The second kappa shape index (κ2) is 3.62. The molecule has 2 rings (SSSR count). The van der Waals surface area contributed by atoms with Gasteiger partial charge in [-0.3, -0.25) is 0 Å². The SMILES string of the molecule is Cc1ncnn1-c1ccccc1C(F)(F)F. The molecular formula is C10H8F3N3. The maximum atomic E-state index is 12.7. The van der Waals surface area contributed by atoms with Crippen LogP contribution in [0.5, 0.6) is 0 Å². The summed E-state index contributed by atoms with van der Waals surface area (Å²) in [6.07, 6.45) is -3.17. The number of aryl methyl sites for hydroxylation is 1. The van der Waals surface area contributed by atoms with Crippen LogP contribution < -0.4 is 0 Å². The van der Waals surface area contributed by atoms with Crippen LogP contribution in [0.1, 0.15) is 11.4 Å². The van der Waals surface area contributed by atoms with Gasteiger partial charge in [-0.25, -0.2) is 9.67 Å². The molecule has 0 saturated carbocycles. The maximum Gasteiger partial charge on any atom is 0.418 e. The lowest BCUT2D eigenvalue weighted by molar-refractivity contribution is -0.137. The third-order valence-electron chi connectivity index (χ3n) is 2.16. The molecule has 0 spiro atoms. The molecule has 0 unspecified atom stereocenters. The minimum Gasteiger partial charge on any atom is -0.220 e. The Morgan fingerprint density at radius 3 is 2.44 bits per heavy atom. The van der Waals surface area contributed by atoms with Crippen LogP contribution in [-0.4, -0.2) is 14.8 Å². The lowest BCUT2D eigenvalue weighted by Crippen LogP contribution is -2.12. The first kappa shape index (κ1) is 10.7. The van der Waals surface area contributed by atoms with Gasteiger partial charge in [0, 0.05) is 0 Å². The number of nitrogens with zero attached hydrogens (tertiary/aromatic N) is 3. The van der Waals surface area contributed by atoms with Crippen molar-refractivity contribution >= 4 is 0 Å². The summed E-state index contributed by atoms with van der Waals surface area (Å²) in [5, 5.41) is 3.77. The Kier molecular flexibility index (Phi) is 2.41. The molecule has 84 valence electrons. The molecular weight excluding hydrogens is 219 g/mol.